The first-order chi connectivity index (χ1) is 11.9. The van der Waals surface area contributed by atoms with Crippen LogP contribution >= 0.6 is 0 Å². The smallest absolute Gasteiger partial charge is 0.274 e. The lowest BCUT2D eigenvalue weighted by molar-refractivity contribution is 0.0445. The van der Waals surface area contributed by atoms with Gasteiger partial charge in [0, 0.05) is 23.7 Å². The molecule has 0 radical (unpaired) electrons. The van der Waals surface area contributed by atoms with Gasteiger partial charge in [-0.3, -0.25) is 9.48 Å². The van der Waals surface area contributed by atoms with E-state index >= 15 is 0 Å². The summed E-state index contributed by atoms with van der Waals surface area (Å²) >= 11 is 0. The molecule has 0 bridgehead atoms. The first kappa shape index (κ1) is 16.3. The molecule has 2 heterocycles. The molecule has 4 nitrogen and oxygen atoms in total. The van der Waals surface area contributed by atoms with E-state index in [1.54, 1.807) is 17.0 Å². The Hall–Kier alpha value is -2.17. The van der Waals surface area contributed by atoms with Gasteiger partial charge in [-0.25, -0.2) is 4.39 Å². The lowest BCUT2D eigenvalue weighted by atomic mass is 9.94. The standard InChI is InChI=1S/C20H24FN3O/c1-20(2,3)24-18(13-8-9-13)12-16(22-24)19(25)23-11-10-17(23)14-6-4-5-7-15(14)21/h4-7,12-13,17H,8-11H2,1-3H3/t17-/m0/s1. The molecule has 1 amide bonds. The van der Waals surface area contributed by atoms with Gasteiger partial charge in [-0.1, -0.05) is 18.2 Å². The second-order valence-corrected chi connectivity index (χ2v) is 8.14. The van der Waals surface area contributed by atoms with Gasteiger partial charge in [-0.15, -0.1) is 0 Å². The Kier molecular flexibility index (Phi) is 3.71. The number of aromatic nitrogens is 2. The third-order valence-electron chi connectivity index (χ3n) is 5.13. The van der Waals surface area contributed by atoms with E-state index in [2.05, 4.69) is 25.9 Å². The molecule has 1 saturated carbocycles. The first-order valence-corrected chi connectivity index (χ1v) is 9.02. The molecule has 0 unspecified atom stereocenters. The lowest BCUT2D eigenvalue weighted by Gasteiger charge is -2.41. The second kappa shape index (κ2) is 5.68. The Balaban J connectivity index is 1.62. The highest BCUT2D eigenvalue weighted by atomic mass is 19.1. The van der Waals surface area contributed by atoms with Crippen molar-refractivity contribution < 1.29 is 9.18 Å². The monoisotopic (exact) mass is 341 g/mol. The molecule has 1 aliphatic heterocycles. The number of halogens is 1. The highest BCUT2D eigenvalue weighted by Gasteiger charge is 2.38. The maximum absolute atomic E-state index is 14.1. The van der Waals surface area contributed by atoms with E-state index in [0.717, 1.165) is 25.0 Å². The Bertz CT molecular complexity index is 817. The summed E-state index contributed by atoms with van der Waals surface area (Å²) in [6, 6.07) is 8.48. The number of amides is 1. The number of likely N-dealkylation sites (tertiary alicyclic amines) is 1. The van der Waals surface area contributed by atoms with Crippen molar-refractivity contribution in [3.63, 3.8) is 0 Å². The van der Waals surface area contributed by atoms with Gasteiger partial charge in [-0.05, 0) is 52.2 Å². The van der Waals surface area contributed by atoms with Crippen LogP contribution in [0.25, 0.3) is 0 Å². The van der Waals surface area contributed by atoms with Crippen LogP contribution in [0.4, 0.5) is 4.39 Å². The Morgan fingerprint density at radius 3 is 2.48 bits per heavy atom. The van der Waals surface area contributed by atoms with Crippen molar-refractivity contribution in [2.24, 2.45) is 0 Å². The number of hydrogen-bond donors (Lipinski definition) is 0. The maximum Gasteiger partial charge on any atom is 0.274 e. The predicted octanol–water partition coefficient (Wildman–Crippen LogP) is 4.24. The average molecular weight is 341 g/mol. The zero-order chi connectivity index (χ0) is 17.8. The van der Waals surface area contributed by atoms with Crippen molar-refractivity contribution in [3.05, 3.63) is 53.1 Å². The van der Waals surface area contributed by atoms with E-state index in [0.29, 0.717) is 23.7 Å². The lowest BCUT2D eigenvalue weighted by Crippen LogP contribution is -2.45. The third-order valence-corrected chi connectivity index (χ3v) is 5.13. The summed E-state index contributed by atoms with van der Waals surface area (Å²) in [5.41, 5.74) is 2.08. The summed E-state index contributed by atoms with van der Waals surface area (Å²) in [7, 11) is 0. The van der Waals surface area contributed by atoms with Crippen molar-refractivity contribution in [2.45, 2.75) is 57.5 Å². The summed E-state index contributed by atoms with van der Waals surface area (Å²) in [4.78, 5) is 14.7. The third kappa shape index (κ3) is 2.86. The Morgan fingerprint density at radius 2 is 1.92 bits per heavy atom. The minimum Gasteiger partial charge on any atom is -0.330 e. The van der Waals surface area contributed by atoms with Gasteiger partial charge in [0.15, 0.2) is 5.69 Å². The van der Waals surface area contributed by atoms with Gasteiger partial charge in [0.05, 0.1) is 11.6 Å². The molecule has 0 N–H and O–H groups in total. The van der Waals surface area contributed by atoms with Crippen LogP contribution in [-0.2, 0) is 5.54 Å². The molecule has 1 atom stereocenters. The van der Waals surface area contributed by atoms with Crippen LogP contribution in [0.1, 0.15) is 73.7 Å². The van der Waals surface area contributed by atoms with E-state index < -0.39 is 0 Å². The van der Waals surface area contributed by atoms with Crippen LogP contribution in [0.5, 0.6) is 0 Å². The molecular formula is C20H24FN3O. The average Bonchev–Trinajstić information content (AvgIpc) is 3.25. The molecular weight excluding hydrogens is 317 g/mol. The fourth-order valence-electron chi connectivity index (χ4n) is 3.55. The van der Waals surface area contributed by atoms with Crippen molar-refractivity contribution in [2.75, 3.05) is 6.54 Å². The molecule has 5 heteroatoms. The number of benzene rings is 1. The van der Waals surface area contributed by atoms with E-state index in [1.807, 2.05) is 16.8 Å². The highest BCUT2D eigenvalue weighted by molar-refractivity contribution is 5.93. The van der Waals surface area contributed by atoms with Crippen molar-refractivity contribution >= 4 is 5.91 Å². The normalized spacial score (nSPS) is 20.5. The molecule has 2 aliphatic rings. The van der Waals surface area contributed by atoms with Gasteiger partial charge < -0.3 is 4.90 Å². The highest BCUT2D eigenvalue weighted by Crippen LogP contribution is 2.42. The minimum atomic E-state index is -0.246. The van der Waals surface area contributed by atoms with Crippen LogP contribution in [0.2, 0.25) is 0 Å². The van der Waals surface area contributed by atoms with Gasteiger partial charge in [0.25, 0.3) is 5.91 Å². The zero-order valence-electron chi connectivity index (χ0n) is 15.0. The SMILES string of the molecule is CC(C)(C)n1nc(C(=O)N2CC[C@H]2c2ccccc2F)cc1C1CC1. The number of nitrogens with zero attached hydrogens (tertiary/aromatic N) is 3. The Morgan fingerprint density at radius 1 is 1.20 bits per heavy atom. The fraction of sp³-hybridized carbons (Fsp3) is 0.500. The molecule has 132 valence electrons. The van der Waals surface area contributed by atoms with Crippen LogP contribution in [0, 0.1) is 5.82 Å². The summed E-state index contributed by atoms with van der Waals surface area (Å²) in [6.45, 7) is 6.96. The number of carbonyl (C=O) groups excluding carboxylic acids is 1. The molecule has 4 rings (SSSR count). The summed E-state index contributed by atoms with van der Waals surface area (Å²) < 4.78 is 16.1. The topological polar surface area (TPSA) is 38.1 Å². The van der Waals surface area contributed by atoms with Crippen LogP contribution in [-0.4, -0.2) is 27.1 Å². The van der Waals surface area contributed by atoms with Crippen molar-refractivity contribution in [3.8, 4) is 0 Å². The Labute approximate surface area is 147 Å². The summed E-state index contributed by atoms with van der Waals surface area (Å²) in [5, 5.41) is 4.63. The fourth-order valence-corrected chi connectivity index (χ4v) is 3.55. The maximum atomic E-state index is 14.1. The first-order valence-electron chi connectivity index (χ1n) is 9.02. The van der Waals surface area contributed by atoms with E-state index in [1.165, 1.54) is 6.07 Å². The second-order valence-electron chi connectivity index (χ2n) is 8.14. The minimum absolute atomic E-state index is 0.0931. The van der Waals surface area contributed by atoms with Crippen LogP contribution < -0.4 is 0 Å². The van der Waals surface area contributed by atoms with Crippen LogP contribution in [0.3, 0.4) is 0 Å². The quantitative estimate of drug-likeness (QED) is 0.837. The predicted molar refractivity (Wildman–Crippen MR) is 94.0 cm³/mol. The summed E-state index contributed by atoms with van der Waals surface area (Å²) in [5.74, 6) is 0.181. The van der Waals surface area contributed by atoms with Crippen molar-refractivity contribution in [1.29, 1.82) is 0 Å². The number of rotatable bonds is 3. The number of hydrogen-bond acceptors (Lipinski definition) is 2. The van der Waals surface area contributed by atoms with Gasteiger partial charge in [-0.2, -0.15) is 5.10 Å². The van der Waals surface area contributed by atoms with E-state index in [-0.39, 0.29) is 23.3 Å². The van der Waals surface area contributed by atoms with E-state index in [4.69, 9.17) is 0 Å². The van der Waals surface area contributed by atoms with Gasteiger partial charge >= 0.3 is 0 Å². The number of carbonyl (C=O) groups is 1. The van der Waals surface area contributed by atoms with Crippen molar-refractivity contribution in [1.82, 2.24) is 14.7 Å². The molecule has 1 aromatic heterocycles. The largest absolute Gasteiger partial charge is 0.330 e. The molecule has 1 saturated heterocycles. The molecule has 1 aromatic carbocycles. The van der Waals surface area contributed by atoms with Crippen LogP contribution in [0.15, 0.2) is 30.3 Å². The molecule has 0 spiro atoms. The zero-order valence-corrected chi connectivity index (χ0v) is 15.0. The summed E-state index contributed by atoms with van der Waals surface area (Å²) in [6.07, 6.45) is 3.12. The van der Waals surface area contributed by atoms with Gasteiger partial charge in [0.1, 0.15) is 5.82 Å². The van der Waals surface area contributed by atoms with E-state index in [9.17, 15) is 9.18 Å². The van der Waals surface area contributed by atoms with Gasteiger partial charge in [0.2, 0.25) is 0 Å². The molecule has 1 aliphatic carbocycles. The molecule has 2 aromatic rings. The molecule has 2 fully saturated rings. The molecule has 25 heavy (non-hydrogen) atoms.